The molecule has 0 bridgehead atoms. The van der Waals surface area contributed by atoms with Crippen molar-refractivity contribution in [3.8, 4) is 0 Å². The maximum absolute atomic E-state index is 13.4. The molecule has 0 unspecified atom stereocenters. The molecule has 0 aliphatic heterocycles. The Bertz CT molecular complexity index is 519. The molecular weight excluding hydrogens is 293 g/mol. The Morgan fingerprint density at radius 2 is 2.14 bits per heavy atom. The Hall–Kier alpha value is -1.82. The van der Waals surface area contributed by atoms with Gasteiger partial charge in [-0.05, 0) is 30.6 Å². The number of amides is 1. The molecule has 1 rings (SSSR count). The van der Waals surface area contributed by atoms with Crippen LogP contribution in [-0.2, 0) is 14.3 Å². The van der Waals surface area contributed by atoms with Crippen LogP contribution in [0.2, 0.25) is 0 Å². The molecule has 6 heteroatoms. The van der Waals surface area contributed by atoms with Gasteiger partial charge in [-0.25, -0.2) is 9.18 Å². The normalized spacial score (nSPS) is 12.1. The molecule has 4 nitrogen and oxygen atoms in total. The van der Waals surface area contributed by atoms with Gasteiger partial charge < -0.3 is 10.1 Å². The molecule has 0 spiro atoms. The minimum Gasteiger partial charge on any atom is -0.467 e. The summed E-state index contributed by atoms with van der Waals surface area (Å²) < 4.78 is 18.0. The van der Waals surface area contributed by atoms with E-state index in [2.05, 4.69) is 10.1 Å². The lowest BCUT2D eigenvalue weighted by Gasteiger charge is -2.14. The molecule has 114 valence electrons. The lowest BCUT2D eigenvalue weighted by atomic mass is 10.2. The molecule has 1 aromatic rings. The molecule has 1 N–H and O–H groups in total. The van der Waals surface area contributed by atoms with Gasteiger partial charge in [0.2, 0.25) is 5.91 Å². The molecule has 0 aliphatic carbocycles. The van der Waals surface area contributed by atoms with Crippen molar-refractivity contribution in [2.24, 2.45) is 0 Å². The first-order chi connectivity index (χ1) is 10.1. The first-order valence-electron chi connectivity index (χ1n) is 6.38. The second kappa shape index (κ2) is 9.18. The first kappa shape index (κ1) is 17.2. The number of methoxy groups -OCH3 is 1. The molecule has 21 heavy (non-hydrogen) atoms. The van der Waals surface area contributed by atoms with Crippen LogP contribution in [0.1, 0.15) is 12.0 Å². The number of ether oxygens (including phenoxy) is 1. The number of hydrogen-bond acceptors (Lipinski definition) is 4. The highest BCUT2D eigenvalue weighted by atomic mass is 32.2. The van der Waals surface area contributed by atoms with Gasteiger partial charge in [-0.3, -0.25) is 4.79 Å². The van der Waals surface area contributed by atoms with Gasteiger partial charge >= 0.3 is 5.97 Å². The zero-order valence-corrected chi connectivity index (χ0v) is 12.8. The molecule has 0 saturated heterocycles. The van der Waals surface area contributed by atoms with Crippen LogP contribution >= 0.6 is 11.8 Å². The average molecular weight is 311 g/mol. The summed E-state index contributed by atoms with van der Waals surface area (Å²) in [5.74, 6) is -0.642. The Balaban J connectivity index is 2.65. The van der Waals surface area contributed by atoms with E-state index in [1.54, 1.807) is 30.0 Å². The SMILES string of the molecule is COC(=O)[C@@H](CCSC)NC(=O)/C=C/c1ccccc1F. The van der Waals surface area contributed by atoms with Crippen LogP contribution in [-0.4, -0.2) is 37.0 Å². The minimum atomic E-state index is -0.694. The van der Waals surface area contributed by atoms with Crippen LogP contribution in [0.4, 0.5) is 4.39 Å². The van der Waals surface area contributed by atoms with E-state index in [1.807, 2.05) is 6.26 Å². The van der Waals surface area contributed by atoms with Crippen LogP contribution < -0.4 is 5.32 Å². The molecule has 0 radical (unpaired) electrons. The molecular formula is C15H18FNO3S. The van der Waals surface area contributed by atoms with E-state index in [4.69, 9.17) is 0 Å². The van der Waals surface area contributed by atoms with Crippen molar-refractivity contribution >= 4 is 29.7 Å². The summed E-state index contributed by atoms with van der Waals surface area (Å²) in [6.45, 7) is 0. The van der Waals surface area contributed by atoms with Crippen LogP contribution in [0.25, 0.3) is 6.08 Å². The number of esters is 1. The van der Waals surface area contributed by atoms with Gasteiger partial charge in [0.25, 0.3) is 0 Å². The highest BCUT2D eigenvalue weighted by Crippen LogP contribution is 2.08. The number of rotatable bonds is 7. The summed E-state index contributed by atoms with van der Waals surface area (Å²) in [5.41, 5.74) is 0.311. The predicted molar refractivity (Wildman–Crippen MR) is 82.4 cm³/mol. The Kier molecular flexibility index (Phi) is 7.53. The maximum Gasteiger partial charge on any atom is 0.328 e. The monoisotopic (exact) mass is 311 g/mol. The van der Waals surface area contributed by atoms with E-state index in [9.17, 15) is 14.0 Å². The van der Waals surface area contributed by atoms with E-state index < -0.39 is 23.7 Å². The second-order valence-electron chi connectivity index (χ2n) is 4.22. The third kappa shape index (κ3) is 5.99. The molecule has 0 aliphatic rings. The summed E-state index contributed by atoms with van der Waals surface area (Å²) in [6, 6.07) is 5.43. The molecule has 1 atom stereocenters. The third-order valence-electron chi connectivity index (χ3n) is 2.73. The number of carbonyl (C=O) groups excluding carboxylic acids is 2. The average Bonchev–Trinajstić information content (AvgIpc) is 2.49. The molecule has 1 aromatic carbocycles. The van der Waals surface area contributed by atoms with E-state index in [-0.39, 0.29) is 0 Å². The Morgan fingerprint density at radius 3 is 2.76 bits per heavy atom. The van der Waals surface area contributed by atoms with Crippen molar-refractivity contribution in [3.05, 3.63) is 41.7 Å². The first-order valence-corrected chi connectivity index (χ1v) is 7.77. The highest BCUT2D eigenvalue weighted by Gasteiger charge is 2.19. The topological polar surface area (TPSA) is 55.4 Å². The lowest BCUT2D eigenvalue weighted by molar-refractivity contribution is -0.144. The van der Waals surface area contributed by atoms with Crippen LogP contribution in [0.5, 0.6) is 0 Å². The van der Waals surface area contributed by atoms with E-state index in [0.29, 0.717) is 12.0 Å². The standard InChI is InChI=1S/C15H18FNO3S/c1-20-15(19)13(9-10-21-2)17-14(18)8-7-11-5-3-4-6-12(11)16/h3-8,13H,9-10H2,1-2H3,(H,17,18)/b8-7+/t13-/m1/s1. The summed E-state index contributed by atoms with van der Waals surface area (Å²) in [4.78, 5) is 23.3. The number of nitrogens with one attached hydrogen (secondary N) is 1. The summed E-state index contributed by atoms with van der Waals surface area (Å²) in [5, 5.41) is 2.56. The maximum atomic E-state index is 13.4. The number of thioether (sulfide) groups is 1. The van der Waals surface area contributed by atoms with Crippen molar-refractivity contribution in [2.45, 2.75) is 12.5 Å². The van der Waals surface area contributed by atoms with Crippen LogP contribution in [0.3, 0.4) is 0 Å². The highest BCUT2D eigenvalue weighted by molar-refractivity contribution is 7.98. The van der Waals surface area contributed by atoms with Gasteiger partial charge in [-0.15, -0.1) is 0 Å². The zero-order valence-electron chi connectivity index (χ0n) is 12.0. The van der Waals surface area contributed by atoms with Gasteiger partial charge in [-0.1, -0.05) is 18.2 Å². The van der Waals surface area contributed by atoms with Crippen molar-refractivity contribution in [2.75, 3.05) is 19.1 Å². The van der Waals surface area contributed by atoms with Crippen molar-refractivity contribution in [1.29, 1.82) is 0 Å². The number of carbonyl (C=O) groups is 2. The lowest BCUT2D eigenvalue weighted by Crippen LogP contribution is -2.41. The fraction of sp³-hybridized carbons (Fsp3) is 0.333. The van der Waals surface area contributed by atoms with Crippen molar-refractivity contribution in [1.82, 2.24) is 5.32 Å². The zero-order chi connectivity index (χ0) is 15.7. The fourth-order valence-corrected chi connectivity index (χ4v) is 2.09. The Labute approximate surface area is 127 Å². The van der Waals surface area contributed by atoms with Gasteiger partial charge in [0, 0.05) is 11.6 Å². The fourth-order valence-electron chi connectivity index (χ4n) is 1.62. The summed E-state index contributed by atoms with van der Waals surface area (Å²) in [6.07, 6.45) is 4.96. The number of benzene rings is 1. The second-order valence-corrected chi connectivity index (χ2v) is 5.21. The van der Waals surface area contributed by atoms with E-state index >= 15 is 0 Å². The molecule has 1 amide bonds. The number of hydrogen-bond donors (Lipinski definition) is 1. The summed E-state index contributed by atoms with van der Waals surface area (Å²) in [7, 11) is 1.27. The summed E-state index contributed by atoms with van der Waals surface area (Å²) >= 11 is 1.57. The van der Waals surface area contributed by atoms with Crippen LogP contribution in [0, 0.1) is 5.82 Å². The molecule has 0 heterocycles. The van der Waals surface area contributed by atoms with Gasteiger partial charge in [-0.2, -0.15) is 11.8 Å². The molecule has 0 fully saturated rings. The van der Waals surface area contributed by atoms with Gasteiger partial charge in [0.15, 0.2) is 0 Å². The largest absolute Gasteiger partial charge is 0.467 e. The minimum absolute atomic E-state index is 0.311. The van der Waals surface area contributed by atoms with E-state index in [0.717, 1.165) is 5.75 Å². The quantitative estimate of drug-likeness (QED) is 0.620. The van der Waals surface area contributed by atoms with Crippen molar-refractivity contribution < 1.29 is 18.7 Å². The van der Waals surface area contributed by atoms with Gasteiger partial charge in [0.1, 0.15) is 11.9 Å². The number of halogens is 1. The van der Waals surface area contributed by atoms with Crippen molar-refractivity contribution in [3.63, 3.8) is 0 Å². The smallest absolute Gasteiger partial charge is 0.328 e. The van der Waals surface area contributed by atoms with Gasteiger partial charge in [0.05, 0.1) is 7.11 Å². The Morgan fingerprint density at radius 1 is 1.43 bits per heavy atom. The van der Waals surface area contributed by atoms with E-state index in [1.165, 1.54) is 25.3 Å². The van der Waals surface area contributed by atoms with Crippen LogP contribution in [0.15, 0.2) is 30.3 Å². The third-order valence-corrected chi connectivity index (χ3v) is 3.38. The molecule has 0 aromatic heterocycles. The predicted octanol–water partition coefficient (Wildman–Crippen LogP) is 2.25. The molecule has 0 saturated carbocycles.